The summed E-state index contributed by atoms with van der Waals surface area (Å²) in [5.41, 5.74) is 0.426. The van der Waals surface area contributed by atoms with E-state index in [1.165, 1.54) is 12.1 Å². The Kier molecular flexibility index (Phi) is 5.85. The molecule has 2 rings (SSSR count). The van der Waals surface area contributed by atoms with Gasteiger partial charge in [0.25, 0.3) is 0 Å². The van der Waals surface area contributed by atoms with Gasteiger partial charge in [0, 0.05) is 12.1 Å². The quantitative estimate of drug-likeness (QED) is 0.872. The summed E-state index contributed by atoms with van der Waals surface area (Å²) < 4.78 is 26.4. The molecule has 2 N–H and O–H groups in total. The molecule has 1 aromatic rings. The first-order chi connectivity index (χ1) is 10.5. The number of nitrogens with one attached hydrogen (secondary N) is 2. The highest BCUT2D eigenvalue weighted by Crippen LogP contribution is 2.16. The molecule has 1 amide bonds. The molecule has 22 heavy (non-hydrogen) atoms. The smallest absolute Gasteiger partial charge is 0.234 e. The van der Waals surface area contributed by atoms with Gasteiger partial charge in [-0.2, -0.15) is 0 Å². The van der Waals surface area contributed by atoms with E-state index in [2.05, 4.69) is 10.6 Å². The first kappa shape index (κ1) is 16.8. The lowest BCUT2D eigenvalue weighted by Gasteiger charge is -2.31. The topological polar surface area (TPSA) is 44.4 Å². The Bertz CT molecular complexity index is 498. The van der Waals surface area contributed by atoms with E-state index < -0.39 is 17.7 Å². The average Bonchev–Trinajstić information content (AvgIpc) is 2.47. The summed E-state index contributed by atoms with van der Waals surface area (Å²) in [6, 6.07) is 3.27. The Morgan fingerprint density at radius 1 is 1.32 bits per heavy atom. The van der Waals surface area contributed by atoms with Gasteiger partial charge in [0.1, 0.15) is 11.6 Å². The van der Waals surface area contributed by atoms with Crippen LogP contribution in [0.2, 0.25) is 0 Å². The molecule has 4 nitrogen and oxygen atoms in total. The highest BCUT2D eigenvalue weighted by molar-refractivity contribution is 5.78. The van der Waals surface area contributed by atoms with E-state index in [1.54, 1.807) is 6.92 Å². The number of nitrogens with zero attached hydrogens (tertiary/aromatic N) is 1. The van der Waals surface area contributed by atoms with Crippen molar-refractivity contribution in [2.45, 2.75) is 31.8 Å². The number of hydrogen-bond donors (Lipinski definition) is 2. The summed E-state index contributed by atoms with van der Waals surface area (Å²) in [7, 11) is 1.93. The van der Waals surface area contributed by atoms with Gasteiger partial charge in [-0.1, -0.05) is 0 Å². The number of halogens is 2. The van der Waals surface area contributed by atoms with E-state index >= 15 is 0 Å². The van der Waals surface area contributed by atoms with Gasteiger partial charge in [0.2, 0.25) is 5.91 Å². The van der Waals surface area contributed by atoms with Crippen LogP contribution in [0.3, 0.4) is 0 Å². The molecule has 0 bridgehead atoms. The first-order valence-electron chi connectivity index (χ1n) is 7.62. The zero-order chi connectivity index (χ0) is 16.1. The number of hydrogen-bond acceptors (Lipinski definition) is 3. The fourth-order valence-electron chi connectivity index (χ4n) is 2.80. The molecule has 1 aliphatic rings. The molecule has 1 aromatic carbocycles. The molecule has 0 saturated carbocycles. The van der Waals surface area contributed by atoms with Crippen LogP contribution in [0.1, 0.15) is 31.4 Å². The molecule has 6 heteroatoms. The molecule has 0 unspecified atom stereocenters. The van der Waals surface area contributed by atoms with Gasteiger partial charge >= 0.3 is 0 Å². The van der Waals surface area contributed by atoms with E-state index in [-0.39, 0.29) is 12.5 Å². The first-order valence-corrected chi connectivity index (χ1v) is 7.62. The maximum atomic E-state index is 13.2. The molecule has 1 heterocycles. The van der Waals surface area contributed by atoms with Crippen LogP contribution in [-0.2, 0) is 4.79 Å². The van der Waals surface area contributed by atoms with Crippen LogP contribution in [0.4, 0.5) is 8.78 Å². The number of rotatable bonds is 5. The van der Waals surface area contributed by atoms with E-state index in [4.69, 9.17) is 0 Å². The third-order valence-corrected chi connectivity index (χ3v) is 4.09. The number of benzene rings is 1. The highest BCUT2D eigenvalue weighted by atomic mass is 19.1. The molecule has 0 aromatic heterocycles. The molecule has 1 fully saturated rings. The van der Waals surface area contributed by atoms with Crippen molar-refractivity contribution in [2.75, 3.05) is 26.7 Å². The third kappa shape index (κ3) is 4.74. The summed E-state index contributed by atoms with van der Waals surface area (Å²) in [4.78, 5) is 14.1. The molecular formula is C16H23F2N3O. The van der Waals surface area contributed by atoms with Gasteiger partial charge < -0.3 is 10.6 Å². The SMILES string of the molecule is C[C@@H](NC(=O)CN(C)C1CCNCC1)c1cc(F)cc(F)c1. The van der Waals surface area contributed by atoms with E-state index in [0.717, 1.165) is 32.0 Å². The van der Waals surface area contributed by atoms with Crippen molar-refractivity contribution in [3.05, 3.63) is 35.4 Å². The van der Waals surface area contributed by atoms with Crippen molar-refractivity contribution < 1.29 is 13.6 Å². The third-order valence-electron chi connectivity index (χ3n) is 4.09. The van der Waals surface area contributed by atoms with E-state index in [0.29, 0.717) is 11.6 Å². The second-order valence-electron chi connectivity index (χ2n) is 5.89. The van der Waals surface area contributed by atoms with Gasteiger partial charge in [-0.15, -0.1) is 0 Å². The molecular weight excluding hydrogens is 288 g/mol. The number of likely N-dealkylation sites (N-methyl/N-ethyl adjacent to an activating group) is 1. The standard InChI is InChI=1S/C16H23F2N3O/c1-11(12-7-13(17)9-14(18)8-12)20-16(22)10-21(2)15-3-5-19-6-4-15/h7-9,11,15,19H,3-6,10H2,1-2H3,(H,20,22)/t11-/m1/s1. The molecule has 0 aliphatic carbocycles. The monoisotopic (exact) mass is 311 g/mol. The molecule has 1 aliphatic heterocycles. The minimum atomic E-state index is -0.636. The van der Waals surface area contributed by atoms with Crippen LogP contribution in [-0.4, -0.2) is 43.5 Å². The average molecular weight is 311 g/mol. The lowest BCUT2D eigenvalue weighted by atomic mass is 10.1. The number of amides is 1. The molecule has 0 spiro atoms. The van der Waals surface area contributed by atoms with Gasteiger partial charge in [0.15, 0.2) is 0 Å². The summed E-state index contributed by atoms with van der Waals surface area (Å²) >= 11 is 0. The number of carbonyl (C=O) groups excluding carboxylic acids is 1. The summed E-state index contributed by atoms with van der Waals surface area (Å²) in [5, 5.41) is 6.08. The van der Waals surface area contributed by atoms with Crippen molar-refractivity contribution in [3.8, 4) is 0 Å². The van der Waals surface area contributed by atoms with Crippen LogP contribution in [0.15, 0.2) is 18.2 Å². The summed E-state index contributed by atoms with van der Waals surface area (Å²) in [6.07, 6.45) is 2.04. The van der Waals surface area contributed by atoms with Gasteiger partial charge in [-0.25, -0.2) is 8.78 Å². The predicted molar refractivity (Wildman–Crippen MR) is 81.4 cm³/mol. The second kappa shape index (κ2) is 7.65. The minimum absolute atomic E-state index is 0.141. The Labute approximate surface area is 129 Å². The molecule has 122 valence electrons. The largest absolute Gasteiger partial charge is 0.348 e. The van der Waals surface area contributed by atoms with Crippen LogP contribution in [0, 0.1) is 11.6 Å². The lowest BCUT2D eigenvalue weighted by Crippen LogP contribution is -2.45. The van der Waals surface area contributed by atoms with Crippen molar-refractivity contribution in [1.29, 1.82) is 0 Å². The highest BCUT2D eigenvalue weighted by Gasteiger charge is 2.20. The zero-order valence-electron chi connectivity index (χ0n) is 13.0. The fraction of sp³-hybridized carbons (Fsp3) is 0.562. The number of piperidine rings is 1. The second-order valence-corrected chi connectivity index (χ2v) is 5.89. The van der Waals surface area contributed by atoms with E-state index in [1.807, 2.05) is 11.9 Å². The maximum Gasteiger partial charge on any atom is 0.234 e. The van der Waals surface area contributed by atoms with Crippen molar-refractivity contribution >= 4 is 5.91 Å². The van der Waals surface area contributed by atoms with Crippen molar-refractivity contribution in [1.82, 2.24) is 15.5 Å². The zero-order valence-corrected chi connectivity index (χ0v) is 13.0. The van der Waals surface area contributed by atoms with Gasteiger partial charge in [0.05, 0.1) is 12.6 Å². The van der Waals surface area contributed by atoms with Gasteiger partial charge in [-0.05, 0) is 57.6 Å². The Morgan fingerprint density at radius 3 is 2.50 bits per heavy atom. The van der Waals surface area contributed by atoms with Crippen LogP contribution < -0.4 is 10.6 Å². The molecule has 0 radical (unpaired) electrons. The minimum Gasteiger partial charge on any atom is -0.348 e. The summed E-state index contributed by atoms with van der Waals surface area (Å²) in [6.45, 7) is 3.94. The Morgan fingerprint density at radius 2 is 1.91 bits per heavy atom. The Hall–Kier alpha value is -1.53. The molecule has 1 saturated heterocycles. The van der Waals surface area contributed by atoms with Gasteiger partial charge in [-0.3, -0.25) is 9.69 Å². The van der Waals surface area contributed by atoms with Crippen molar-refractivity contribution in [3.63, 3.8) is 0 Å². The summed E-state index contributed by atoms with van der Waals surface area (Å²) in [5.74, 6) is -1.41. The van der Waals surface area contributed by atoms with Crippen LogP contribution >= 0.6 is 0 Å². The van der Waals surface area contributed by atoms with Crippen molar-refractivity contribution in [2.24, 2.45) is 0 Å². The fourth-order valence-corrected chi connectivity index (χ4v) is 2.80. The normalized spacial score (nSPS) is 17.5. The molecule has 1 atom stereocenters. The Balaban J connectivity index is 1.87. The van der Waals surface area contributed by atoms with E-state index in [9.17, 15) is 13.6 Å². The van der Waals surface area contributed by atoms with Crippen LogP contribution in [0.25, 0.3) is 0 Å². The predicted octanol–water partition coefficient (Wildman–Crippen LogP) is 1.83. The lowest BCUT2D eigenvalue weighted by molar-refractivity contribution is -0.123. The van der Waals surface area contributed by atoms with Crippen LogP contribution in [0.5, 0.6) is 0 Å². The number of carbonyl (C=O) groups is 1. The maximum absolute atomic E-state index is 13.2.